The minimum atomic E-state index is -0.470. The summed E-state index contributed by atoms with van der Waals surface area (Å²) in [7, 11) is 1.91. The van der Waals surface area contributed by atoms with E-state index in [4.69, 9.17) is 9.47 Å². The van der Waals surface area contributed by atoms with Crippen molar-refractivity contribution < 1.29 is 14.3 Å². The van der Waals surface area contributed by atoms with Crippen molar-refractivity contribution in [3.8, 4) is 5.75 Å². The number of hydrogen-bond acceptors (Lipinski definition) is 5. The number of anilines is 1. The molecule has 152 valence electrons. The lowest BCUT2D eigenvalue weighted by molar-refractivity contribution is -0.145. The molecule has 0 spiro atoms. The van der Waals surface area contributed by atoms with Crippen LogP contribution in [0.2, 0.25) is 0 Å². The Morgan fingerprint density at radius 2 is 1.75 bits per heavy atom. The molecule has 1 aromatic carbocycles. The van der Waals surface area contributed by atoms with Crippen molar-refractivity contribution in [1.29, 1.82) is 0 Å². The minimum absolute atomic E-state index is 0.232. The second kappa shape index (κ2) is 12.0. The van der Waals surface area contributed by atoms with E-state index in [0.29, 0.717) is 19.6 Å². The molecule has 0 saturated carbocycles. The number of carbonyl (C=O) groups excluding carboxylic acids is 1. The highest BCUT2D eigenvalue weighted by molar-refractivity contribution is 5.81. The Morgan fingerprint density at radius 1 is 1.04 bits per heavy atom. The van der Waals surface area contributed by atoms with Gasteiger partial charge in [-0.3, -0.25) is 4.98 Å². The Kier molecular flexibility index (Phi) is 9.32. The molecule has 0 radical (unpaired) electrons. The summed E-state index contributed by atoms with van der Waals surface area (Å²) in [5.41, 5.74) is 1.74. The van der Waals surface area contributed by atoms with Crippen molar-refractivity contribution >= 4 is 11.7 Å². The fourth-order valence-corrected chi connectivity index (χ4v) is 2.87. The van der Waals surface area contributed by atoms with Gasteiger partial charge in [0, 0.05) is 25.4 Å². The minimum Gasteiger partial charge on any atom is -0.491 e. The first-order valence-corrected chi connectivity index (χ1v) is 10.2. The third-order valence-electron chi connectivity index (χ3n) is 4.61. The third-order valence-corrected chi connectivity index (χ3v) is 4.61. The molecule has 0 bridgehead atoms. The molecular formula is C23H32N2O3. The van der Waals surface area contributed by atoms with E-state index >= 15 is 0 Å². The number of carbonyl (C=O) groups is 1. The molecule has 0 N–H and O–H groups in total. The SMILES string of the molecule is CCCCOC(=O)C(Cc1ccccn1)N(C)c1ccccc1OCCCC. The second-order valence-corrected chi connectivity index (χ2v) is 6.84. The van der Waals surface area contributed by atoms with E-state index in [-0.39, 0.29) is 5.97 Å². The van der Waals surface area contributed by atoms with Crippen LogP contribution >= 0.6 is 0 Å². The highest BCUT2D eigenvalue weighted by Gasteiger charge is 2.27. The van der Waals surface area contributed by atoms with Gasteiger partial charge in [0.15, 0.2) is 0 Å². The van der Waals surface area contributed by atoms with Gasteiger partial charge in [0.1, 0.15) is 11.8 Å². The molecule has 0 aliphatic carbocycles. The number of esters is 1. The van der Waals surface area contributed by atoms with Crippen molar-refractivity contribution in [1.82, 2.24) is 4.98 Å². The summed E-state index contributed by atoms with van der Waals surface area (Å²) in [5.74, 6) is 0.552. The van der Waals surface area contributed by atoms with Gasteiger partial charge >= 0.3 is 5.97 Å². The van der Waals surface area contributed by atoms with E-state index in [1.807, 2.05) is 54.4 Å². The number of para-hydroxylation sites is 2. The van der Waals surface area contributed by atoms with Crippen LogP contribution in [0.4, 0.5) is 5.69 Å². The zero-order valence-electron chi connectivity index (χ0n) is 17.3. The first-order chi connectivity index (χ1) is 13.7. The summed E-state index contributed by atoms with van der Waals surface area (Å²) in [6.45, 7) is 5.32. The maximum Gasteiger partial charge on any atom is 0.329 e. The zero-order chi connectivity index (χ0) is 20.2. The van der Waals surface area contributed by atoms with Gasteiger partial charge in [-0.2, -0.15) is 0 Å². The molecule has 0 fully saturated rings. The number of nitrogens with zero attached hydrogens (tertiary/aromatic N) is 2. The summed E-state index contributed by atoms with van der Waals surface area (Å²) >= 11 is 0. The summed E-state index contributed by atoms with van der Waals surface area (Å²) in [5, 5.41) is 0. The first kappa shape index (κ1) is 21.7. The van der Waals surface area contributed by atoms with Crippen molar-refractivity contribution in [2.45, 2.75) is 52.0 Å². The van der Waals surface area contributed by atoms with E-state index in [1.54, 1.807) is 6.20 Å². The molecule has 0 aliphatic heterocycles. The largest absolute Gasteiger partial charge is 0.491 e. The number of likely N-dealkylation sites (N-methyl/N-ethyl adjacent to an activating group) is 1. The van der Waals surface area contributed by atoms with Crippen LogP contribution in [-0.2, 0) is 16.0 Å². The molecule has 1 aromatic heterocycles. The van der Waals surface area contributed by atoms with Gasteiger partial charge < -0.3 is 14.4 Å². The van der Waals surface area contributed by atoms with Gasteiger partial charge in [0.05, 0.1) is 18.9 Å². The average molecular weight is 385 g/mol. The second-order valence-electron chi connectivity index (χ2n) is 6.84. The van der Waals surface area contributed by atoms with Crippen LogP contribution < -0.4 is 9.64 Å². The molecule has 5 nitrogen and oxygen atoms in total. The Hall–Kier alpha value is -2.56. The maximum absolute atomic E-state index is 12.9. The van der Waals surface area contributed by atoms with Crippen LogP contribution in [0.5, 0.6) is 5.75 Å². The third kappa shape index (κ3) is 6.55. The van der Waals surface area contributed by atoms with E-state index in [2.05, 4.69) is 18.8 Å². The molecule has 5 heteroatoms. The van der Waals surface area contributed by atoms with Gasteiger partial charge in [-0.1, -0.05) is 44.9 Å². The average Bonchev–Trinajstić information content (AvgIpc) is 2.73. The van der Waals surface area contributed by atoms with Crippen LogP contribution in [-0.4, -0.2) is 37.3 Å². The number of rotatable bonds is 12. The molecule has 28 heavy (non-hydrogen) atoms. The lowest BCUT2D eigenvalue weighted by Gasteiger charge is -2.29. The lowest BCUT2D eigenvalue weighted by atomic mass is 10.1. The van der Waals surface area contributed by atoms with Gasteiger partial charge in [-0.15, -0.1) is 0 Å². The predicted octanol–water partition coefficient (Wildman–Crippen LogP) is 4.65. The van der Waals surface area contributed by atoms with Crippen LogP contribution in [0.3, 0.4) is 0 Å². The molecule has 1 unspecified atom stereocenters. The number of ether oxygens (including phenoxy) is 2. The van der Waals surface area contributed by atoms with Crippen molar-refractivity contribution in [2.75, 3.05) is 25.2 Å². The van der Waals surface area contributed by atoms with Crippen molar-refractivity contribution in [3.05, 3.63) is 54.4 Å². The molecule has 2 aromatic rings. The molecule has 1 atom stereocenters. The Balaban J connectivity index is 2.22. The molecule has 0 amide bonds. The lowest BCUT2D eigenvalue weighted by Crippen LogP contribution is -2.42. The monoisotopic (exact) mass is 384 g/mol. The fraction of sp³-hybridized carbons (Fsp3) is 0.478. The molecule has 0 saturated heterocycles. The normalized spacial score (nSPS) is 11.7. The van der Waals surface area contributed by atoms with Crippen LogP contribution in [0.1, 0.15) is 45.2 Å². The zero-order valence-corrected chi connectivity index (χ0v) is 17.3. The van der Waals surface area contributed by atoms with Crippen LogP contribution in [0, 0.1) is 0 Å². The predicted molar refractivity (Wildman–Crippen MR) is 113 cm³/mol. The van der Waals surface area contributed by atoms with Crippen molar-refractivity contribution in [2.24, 2.45) is 0 Å². The Morgan fingerprint density at radius 3 is 2.46 bits per heavy atom. The quantitative estimate of drug-likeness (QED) is 0.394. The smallest absolute Gasteiger partial charge is 0.329 e. The summed E-state index contributed by atoms with van der Waals surface area (Å²) in [4.78, 5) is 19.2. The van der Waals surface area contributed by atoms with Gasteiger partial charge in [-0.05, 0) is 37.1 Å². The number of hydrogen-bond donors (Lipinski definition) is 0. The van der Waals surface area contributed by atoms with Crippen LogP contribution in [0.15, 0.2) is 48.7 Å². The summed E-state index contributed by atoms with van der Waals surface area (Å²) < 4.78 is 11.5. The molecular weight excluding hydrogens is 352 g/mol. The summed E-state index contributed by atoms with van der Waals surface area (Å²) in [6.07, 6.45) is 6.14. The molecule has 0 aliphatic rings. The molecule has 2 rings (SSSR count). The highest BCUT2D eigenvalue weighted by Crippen LogP contribution is 2.29. The first-order valence-electron chi connectivity index (χ1n) is 10.2. The standard InChI is InChI=1S/C23H32N2O3/c1-4-6-16-27-22-14-9-8-13-20(22)25(3)21(23(26)28-17-7-5-2)18-19-12-10-11-15-24-19/h8-15,21H,4-7,16-18H2,1-3H3. The van der Waals surface area contributed by atoms with E-state index in [0.717, 1.165) is 42.8 Å². The van der Waals surface area contributed by atoms with Crippen molar-refractivity contribution in [3.63, 3.8) is 0 Å². The molecule has 1 heterocycles. The van der Waals surface area contributed by atoms with Crippen LogP contribution in [0.25, 0.3) is 0 Å². The summed E-state index contributed by atoms with van der Waals surface area (Å²) in [6, 6.07) is 13.1. The Labute approximate surface area is 168 Å². The van der Waals surface area contributed by atoms with Gasteiger partial charge in [-0.25, -0.2) is 4.79 Å². The van der Waals surface area contributed by atoms with E-state index < -0.39 is 6.04 Å². The van der Waals surface area contributed by atoms with Gasteiger partial charge in [0.2, 0.25) is 0 Å². The number of unbranched alkanes of at least 4 members (excludes halogenated alkanes) is 2. The number of benzene rings is 1. The fourth-order valence-electron chi connectivity index (χ4n) is 2.87. The maximum atomic E-state index is 12.9. The van der Waals surface area contributed by atoms with Gasteiger partial charge in [0.25, 0.3) is 0 Å². The van der Waals surface area contributed by atoms with E-state index in [1.165, 1.54) is 0 Å². The topological polar surface area (TPSA) is 51.7 Å². The van der Waals surface area contributed by atoms with E-state index in [9.17, 15) is 4.79 Å². The number of pyridine rings is 1. The Bertz CT molecular complexity index is 706. The number of aromatic nitrogens is 1. The highest BCUT2D eigenvalue weighted by atomic mass is 16.5.